The quantitative estimate of drug-likeness (QED) is 0.564. The van der Waals surface area contributed by atoms with Crippen LogP contribution >= 0.6 is 0 Å². The minimum atomic E-state index is -0.130. The number of hydrogen-bond donors (Lipinski definition) is 2. The van der Waals surface area contributed by atoms with Crippen molar-refractivity contribution in [2.45, 2.75) is 38.1 Å². The van der Waals surface area contributed by atoms with Crippen molar-refractivity contribution in [1.82, 2.24) is 4.90 Å². The van der Waals surface area contributed by atoms with E-state index >= 15 is 0 Å². The summed E-state index contributed by atoms with van der Waals surface area (Å²) in [6, 6.07) is 21.1. The maximum atomic E-state index is 12.9. The summed E-state index contributed by atoms with van der Waals surface area (Å²) in [5.41, 5.74) is 4.67. The van der Waals surface area contributed by atoms with Crippen molar-refractivity contribution in [2.75, 3.05) is 25.0 Å². The molecular weight excluding hydrogens is 412 g/mol. The number of rotatable bonds is 4. The van der Waals surface area contributed by atoms with Gasteiger partial charge < -0.3 is 20.1 Å². The van der Waals surface area contributed by atoms with Crippen LogP contribution in [0.3, 0.4) is 0 Å². The molecule has 0 saturated carbocycles. The van der Waals surface area contributed by atoms with Crippen LogP contribution in [0.4, 0.5) is 5.69 Å². The molecular formula is C28H30N2O3. The summed E-state index contributed by atoms with van der Waals surface area (Å²) in [4.78, 5) is 15.4. The molecule has 0 aliphatic carbocycles. The van der Waals surface area contributed by atoms with E-state index in [-0.39, 0.29) is 17.1 Å². The van der Waals surface area contributed by atoms with Crippen LogP contribution in [-0.4, -0.2) is 41.7 Å². The van der Waals surface area contributed by atoms with Crippen molar-refractivity contribution in [3.63, 3.8) is 0 Å². The van der Waals surface area contributed by atoms with E-state index in [4.69, 9.17) is 4.74 Å². The second-order valence-corrected chi connectivity index (χ2v) is 9.49. The number of fused-ring (bicyclic) bond motifs is 2. The van der Waals surface area contributed by atoms with E-state index in [2.05, 4.69) is 30.1 Å². The van der Waals surface area contributed by atoms with Crippen molar-refractivity contribution in [1.29, 1.82) is 0 Å². The van der Waals surface area contributed by atoms with Gasteiger partial charge in [-0.2, -0.15) is 0 Å². The lowest BCUT2D eigenvalue weighted by atomic mass is 9.74. The number of likely N-dealkylation sites (tertiary alicyclic amines) is 1. The van der Waals surface area contributed by atoms with Crippen molar-refractivity contribution in [3.05, 3.63) is 77.9 Å². The molecule has 0 unspecified atom stereocenters. The Kier molecular flexibility index (Phi) is 5.59. The molecule has 170 valence electrons. The number of phenolic OH excluding ortho intramolecular Hbond substituents is 1. The highest BCUT2D eigenvalue weighted by Crippen LogP contribution is 2.46. The first-order valence-electron chi connectivity index (χ1n) is 11.7. The Morgan fingerprint density at radius 3 is 2.24 bits per heavy atom. The fourth-order valence-electron chi connectivity index (χ4n) is 5.00. The Morgan fingerprint density at radius 1 is 0.970 bits per heavy atom. The maximum absolute atomic E-state index is 12.9. The predicted octanol–water partition coefficient (Wildman–Crippen LogP) is 5.45. The van der Waals surface area contributed by atoms with E-state index in [0.29, 0.717) is 11.6 Å². The maximum Gasteiger partial charge on any atom is 0.255 e. The number of benzene rings is 3. The monoisotopic (exact) mass is 442 g/mol. The number of nitrogens with one attached hydrogen (secondary N) is 1. The molecule has 1 fully saturated rings. The van der Waals surface area contributed by atoms with Gasteiger partial charge in [0.1, 0.15) is 11.5 Å². The first-order valence-corrected chi connectivity index (χ1v) is 11.7. The van der Waals surface area contributed by atoms with Crippen molar-refractivity contribution in [3.8, 4) is 22.6 Å². The molecule has 5 nitrogen and oxygen atoms in total. The number of anilines is 1. The standard InChI is InChI=1S/C28H30N2O3/c1-19(2)30-15-13-28(14-16-30)18-33-26-12-9-23(17-25(26)28)29-27(32)22-5-3-20(4-6-22)21-7-10-24(31)11-8-21/h3-12,17,19,31H,13-16,18H2,1-2H3,(H,29,32). The summed E-state index contributed by atoms with van der Waals surface area (Å²) in [5, 5.41) is 12.5. The summed E-state index contributed by atoms with van der Waals surface area (Å²) in [6.45, 7) is 7.38. The normalized spacial score (nSPS) is 17.1. The lowest BCUT2D eigenvalue weighted by molar-refractivity contribution is 0.102. The highest BCUT2D eigenvalue weighted by atomic mass is 16.5. The topological polar surface area (TPSA) is 61.8 Å². The highest BCUT2D eigenvalue weighted by Gasteiger charge is 2.43. The molecule has 0 aromatic heterocycles. The number of carbonyl (C=O) groups excluding carboxylic acids is 1. The Hall–Kier alpha value is -3.31. The summed E-state index contributed by atoms with van der Waals surface area (Å²) >= 11 is 0. The van der Waals surface area contributed by atoms with Crippen LogP contribution in [-0.2, 0) is 5.41 Å². The van der Waals surface area contributed by atoms with Gasteiger partial charge in [-0.3, -0.25) is 4.79 Å². The van der Waals surface area contributed by atoms with Gasteiger partial charge in [0.05, 0.1) is 6.61 Å². The van der Waals surface area contributed by atoms with Crippen LogP contribution < -0.4 is 10.1 Å². The van der Waals surface area contributed by atoms with Gasteiger partial charge in [-0.15, -0.1) is 0 Å². The third kappa shape index (κ3) is 4.21. The minimum Gasteiger partial charge on any atom is -0.508 e. The number of phenols is 1. The van der Waals surface area contributed by atoms with Crippen molar-refractivity contribution >= 4 is 11.6 Å². The van der Waals surface area contributed by atoms with Crippen molar-refractivity contribution in [2.24, 2.45) is 0 Å². The van der Waals surface area contributed by atoms with Gasteiger partial charge in [-0.05, 0) is 93.4 Å². The zero-order valence-corrected chi connectivity index (χ0v) is 19.2. The van der Waals surface area contributed by atoms with Crippen LogP contribution in [0.1, 0.15) is 42.6 Å². The fraction of sp³-hybridized carbons (Fsp3) is 0.321. The SMILES string of the molecule is CC(C)N1CCC2(CC1)COc1ccc(NC(=O)c3ccc(-c4ccc(O)cc4)cc3)cc12. The van der Waals surface area contributed by atoms with Gasteiger partial charge in [0, 0.05) is 28.3 Å². The fourth-order valence-corrected chi connectivity index (χ4v) is 5.00. The Balaban J connectivity index is 1.30. The third-order valence-corrected chi connectivity index (χ3v) is 7.15. The van der Waals surface area contributed by atoms with Crippen molar-refractivity contribution < 1.29 is 14.6 Å². The molecule has 2 heterocycles. The van der Waals surface area contributed by atoms with Gasteiger partial charge in [0.2, 0.25) is 0 Å². The van der Waals surface area contributed by atoms with E-state index < -0.39 is 0 Å². The van der Waals surface area contributed by atoms with Crippen LogP contribution in [0.5, 0.6) is 11.5 Å². The van der Waals surface area contributed by atoms with Crippen LogP contribution in [0.25, 0.3) is 11.1 Å². The van der Waals surface area contributed by atoms with Crippen LogP contribution in [0.15, 0.2) is 66.7 Å². The molecule has 3 aromatic rings. The third-order valence-electron chi connectivity index (χ3n) is 7.15. The lowest BCUT2D eigenvalue weighted by Gasteiger charge is -2.40. The average molecular weight is 443 g/mol. The minimum absolute atomic E-state index is 0.0488. The molecule has 1 spiro atoms. The van der Waals surface area contributed by atoms with Gasteiger partial charge in [0.25, 0.3) is 5.91 Å². The summed E-state index contributed by atoms with van der Waals surface area (Å²) in [6.07, 6.45) is 2.16. The molecule has 2 aliphatic heterocycles. The number of aromatic hydroxyl groups is 1. The van der Waals surface area contributed by atoms with Gasteiger partial charge >= 0.3 is 0 Å². The van der Waals surface area contributed by atoms with E-state index in [9.17, 15) is 9.90 Å². The molecule has 0 bridgehead atoms. The molecule has 1 saturated heterocycles. The summed E-state index contributed by atoms with van der Waals surface area (Å²) < 4.78 is 6.05. The highest BCUT2D eigenvalue weighted by molar-refractivity contribution is 6.04. The molecule has 3 aromatic carbocycles. The predicted molar refractivity (Wildman–Crippen MR) is 131 cm³/mol. The molecule has 5 heteroatoms. The van der Waals surface area contributed by atoms with Crippen LogP contribution in [0, 0.1) is 0 Å². The summed E-state index contributed by atoms with van der Waals surface area (Å²) in [5.74, 6) is 1.06. The zero-order valence-electron chi connectivity index (χ0n) is 19.2. The first-order chi connectivity index (χ1) is 15.9. The molecule has 1 amide bonds. The lowest BCUT2D eigenvalue weighted by Crippen LogP contribution is -2.46. The number of nitrogens with zero attached hydrogens (tertiary/aromatic N) is 1. The van der Waals surface area contributed by atoms with E-state index in [0.717, 1.165) is 55.1 Å². The summed E-state index contributed by atoms with van der Waals surface area (Å²) in [7, 11) is 0. The molecule has 0 atom stereocenters. The molecule has 5 rings (SSSR count). The Bertz CT molecular complexity index is 1140. The van der Waals surface area contributed by atoms with Crippen LogP contribution in [0.2, 0.25) is 0 Å². The Morgan fingerprint density at radius 2 is 1.61 bits per heavy atom. The zero-order chi connectivity index (χ0) is 23.0. The molecule has 0 radical (unpaired) electrons. The van der Waals surface area contributed by atoms with Gasteiger partial charge in [0.15, 0.2) is 0 Å². The number of amides is 1. The second kappa shape index (κ2) is 8.56. The van der Waals surface area contributed by atoms with E-state index in [1.165, 1.54) is 5.56 Å². The second-order valence-electron chi connectivity index (χ2n) is 9.49. The number of hydrogen-bond acceptors (Lipinski definition) is 4. The molecule has 33 heavy (non-hydrogen) atoms. The Labute approximate surface area is 195 Å². The largest absolute Gasteiger partial charge is 0.508 e. The number of ether oxygens (including phenoxy) is 1. The van der Waals surface area contributed by atoms with E-state index in [1.54, 1.807) is 12.1 Å². The first kappa shape index (κ1) is 21.5. The number of carbonyl (C=O) groups is 1. The van der Waals surface area contributed by atoms with E-state index in [1.807, 2.05) is 48.5 Å². The molecule has 2 N–H and O–H groups in total. The smallest absolute Gasteiger partial charge is 0.255 e. The number of piperidine rings is 1. The van der Waals surface area contributed by atoms with Gasteiger partial charge in [-0.1, -0.05) is 24.3 Å². The average Bonchev–Trinajstić information content (AvgIpc) is 3.17. The van der Waals surface area contributed by atoms with Gasteiger partial charge in [-0.25, -0.2) is 0 Å². The molecule has 2 aliphatic rings.